The monoisotopic (exact) mass is 305 g/mol. The summed E-state index contributed by atoms with van der Waals surface area (Å²) >= 11 is 0. The molecule has 6 heteroatoms. The summed E-state index contributed by atoms with van der Waals surface area (Å²) in [4.78, 5) is 35.3. The lowest BCUT2D eigenvalue weighted by molar-refractivity contribution is -0.139. The van der Waals surface area contributed by atoms with Crippen molar-refractivity contribution in [1.29, 1.82) is 0 Å². The van der Waals surface area contributed by atoms with Crippen molar-refractivity contribution in [2.45, 2.75) is 45.1 Å². The molecule has 0 bridgehead atoms. The number of rotatable bonds is 6. The van der Waals surface area contributed by atoms with E-state index < -0.39 is 17.9 Å². The van der Waals surface area contributed by atoms with Gasteiger partial charge in [-0.2, -0.15) is 0 Å². The first-order chi connectivity index (χ1) is 10.5. The third kappa shape index (κ3) is 3.10. The molecular weight excluding hydrogens is 286 g/mol. The summed E-state index contributed by atoms with van der Waals surface area (Å²) in [5.41, 5.74) is 0.972. The summed E-state index contributed by atoms with van der Waals surface area (Å²) in [6.07, 6.45) is 4.10. The average molecular weight is 305 g/mol. The topological polar surface area (TPSA) is 96.6 Å². The van der Waals surface area contributed by atoms with E-state index in [1.165, 1.54) is 0 Å². The van der Waals surface area contributed by atoms with Gasteiger partial charge in [-0.15, -0.1) is 6.58 Å². The Bertz CT molecular complexity index is 629. The van der Waals surface area contributed by atoms with Crippen LogP contribution in [0.1, 0.15) is 57.9 Å². The molecule has 1 unspecified atom stereocenters. The molecule has 0 spiro atoms. The summed E-state index contributed by atoms with van der Waals surface area (Å²) in [5, 5.41) is 11.6. The van der Waals surface area contributed by atoms with Gasteiger partial charge in [0.2, 0.25) is 0 Å². The second-order valence-corrected chi connectivity index (χ2v) is 5.36. The number of carbonyl (C=O) groups excluding carboxylic acids is 2. The van der Waals surface area contributed by atoms with Gasteiger partial charge in [0.05, 0.1) is 5.56 Å². The molecule has 0 aromatic carbocycles. The molecule has 1 aromatic heterocycles. The Morgan fingerprint density at radius 3 is 2.77 bits per heavy atom. The molecule has 22 heavy (non-hydrogen) atoms. The van der Waals surface area contributed by atoms with Crippen molar-refractivity contribution in [3.63, 3.8) is 0 Å². The smallest absolute Gasteiger partial charge is 0.326 e. The SMILES string of the molecule is C=CCCC(NC(=O)c1oc2c(c1C)C(=O)CCC2)C(=O)O. The molecule has 2 N–H and O–H groups in total. The summed E-state index contributed by atoms with van der Waals surface area (Å²) in [5.74, 6) is -1.18. The largest absolute Gasteiger partial charge is 0.480 e. The Kier molecular flexibility index (Phi) is 4.80. The molecule has 118 valence electrons. The van der Waals surface area contributed by atoms with Crippen LogP contribution >= 0.6 is 0 Å². The van der Waals surface area contributed by atoms with Gasteiger partial charge in [0, 0.05) is 18.4 Å². The maximum Gasteiger partial charge on any atom is 0.326 e. The Hall–Kier alpha value is -2.37. The molecular formula is C16H19NO5. The van der Waals surface area contributed by atoms with E-state index in [0.717, 1.165) is 0 Å². The zero-order chi connectivity index (χ0) is 16.3. The molecule has 0 radical (unpaired) electrons. The van der Waals surface area contributed by atoms with Crippen LogP contribution < -0.4 is 5.32 Å². The second-order valence-electron chi connectivity index (χ2n) is 5.36. The van der Waals surface area contributed by atoms with Crippen LogP contribution in [0.5, 0.6) is 0 Å². The van der Waals surface area contributed by atoms with Crippen molar-refractivity contribution in [2.75, 3.05) is 0 Å². The molecule has 0 saturated heterocycles. The van der Waals surface area contributed by atoms with Crippen LogP contribution in [-0.2, 0) is 11.2 Å². The molecule has 1 heterocycles. The molecule has 0 saturated carbocycles. The van der Waals surface area contributed by atoms with E-state index in [-0.39, 0.29) is 18.0 Å². The Morgan fingerprint density at radius 1 is 1.45 bits per heavy atom. The number of nitrogens with one attached hydrogen (secondary N) is 1. The van der Waals surface area contributed by atoms with Gasteiger partial charge in [-0.05, 0) is 26.2 Å². The predicted octanol–water partition coefficient (Wildman–Crippen LogP) is 2.26. The quantitative estimate of drug-likeness (QED) is 0.786. The fourth-order valence-corrected chi connectivity index (χ4v) is 2.63. The second kappa shape index (κ2) is 6.60. The number of amides is 1. The Balaban J connectivity index is 2.21. The van der Waals surface area contributed by atoms with Gasteiger partial charge < -0.3 is 14.8 Å². The fourth-order valence-electron chi connectivity index (χ4n) is 2.63. The van der Waals surface area contributed by atoms with Crippen LogP contribution in [0.25, 0.3) is 0 Å². The van der Waals surface area contributed by atoms with E-state index in [9.17, 15) is 14.4 Å². The lowest BCUT2D eigenvalue weighted by Gasteiger charge is -2.12. The van der Waals surface area contributed by atoms with E-state index in [1.807, 2.05) is 0 Å². The lowest BCUT2D eigenvalue weighted by atomic mass is 9.94. The average Bonchev–Trinajstić information content (AvgIpc) is 2.81. The maximum absolute atomic E-state index is 12.3. The Morgan fingerprint density at radius 2 is 2.18 bits per heavy atom. The molecule has 1 atom stereocenters. The van der Waals surface area contributed by atoms with Gasteiger partial charge in [0.1, 0.15) is 11.8 Å². The zero-order valence-electron chi connectivity index (χ0n) is 12.5. The van der Waals surface area contributed by atoms with Gasteiger partial charge in [-0.3, -0.25) is 9.59 Å². The number of carboxylic acid groups (broad SMARTS) is 1. The first-order valence-electron chi connectivity index (χ1n) is 7.25. The number of carboxylic acids is 1. The third-order valence-corrected chi connectivity index (χ3v) is 3.78. The number of allylic oxidation sites excluding steroid dienone is 1. The number of furan rings is 1. The summed E-state index contributed by atoms with van der Waals surface area (Å²) in [7, 11) is 0. The molecule has 2 rings (SSSR count). The van der Waals surface area contributed by atoms with Crippen molar-refractivity contribution in [2.24, 2.45) is 0 Å². The van der Waals surface area contributed by atoms with Crippen molar-refractivity contribution in [1.82, 2.24) is 5.32 Å². The van der Waals surface area contributed by atoms with E-state index in [2.05, 4.69) is 11.9 Å². The molecule has 1 aliphatic rings. The highest BCUT2D eigenvalue weighted by Gasteiger charge is 2.30. The van der Waals surface area contributed by atoms with Crippen LogP contribution in [0.15, 0.2) is 17.1 Å². The van der Waals surface area contributed by atoms with Gasteiger partial charge >= 0.3 is 5.97 Å². The predicted molar refractivity (Wildman–Crippen MR) is 79.0 cm³/mol. The highest BCUT2D eigenvalue weighted by atomic mass is 16.4. The van der Waals surface area contributed by atoms with E-state index in [4.69, 9.17) is 9.52 Å². The van der Waals surface area contributed by atoms with Crippen LogP contribution in [0, 0.1) is 6.92 Å². The van der Waals surface area contributed by atoms with Crippen LogP contribution in [0.2, 0.25) is 0 Å². The fraction of sp³-hybridized carbons (Fsp3) is 0.438. The molecule has 0 fully saturated rings. The first kappa shape index (κ1) is 16.0. The minimum atomic E-state index is -1.11. The number of fused-ring (bicyclic) bond motifs is 1. The number of aryl methyl sites for hydroxylation is 1. The van der Waals surface area contributed by atoms with Gasteiger partial charge in [0.25, 0.3) is 5.91 Å². The molecule has 0 aliphatic heterocycles. The normalized spacial score (nSPS) is 15.0. The molecule has 1 amide bonds. The van der Waals surface area contributed by atoms with Crippen LogP contribution in [0.4, 0.5) is 0 Å². The standard InChI is InChI=1S/C16H19NO5/c1-3-4-6-10(16(20)21)17-15(19)14-9(2)13-11(18)7-5-8-12(13)22-14/h3,10H,1,4-8H2,2H3,(H,17,19)(H,20,21). The third-order valence-electron chi connectivity index (χ3n) is 3.78. The number of ketones is 1. The summed E-state index contributed by atoms with van der Waals surface area (Å²) in [6, 6.07) is -1.01. The molecule has 6 nitrogen and oxygen atoms in total. The maximum atomic E-state index is 12.3. The van der Waals surface area contributed by atoms with Crippen molar-refractivity contribution in [3.05, 3.63) is 35.3 Å². The van der Waals surface area contributed by atoms with Gasteiger partial charge in [-0.25, -0.2) is 4.79 Å². The lowest BCUT2D eigenvalue weighted by Crippen LogP contribution is -2.40. The Labute approximate surface area is 128 Å². The van der Waals surface area contributed by atoms with Crippen molar-refractivity contribution in [3.8, 4) is 0 Å². The molecule has 1 aliphatic carbocycles. The minimum Gasteiger partial charge on any atom is -0.480 e. The zero-order valence-corrected chi connectivity index (χ0v) is 12.5. The minimum absolute atomic E-state index is 0.0250. The number of aliphatic carboxylic acids is 1. The number of hydrogen-bond acceptors (Lipinski definition) is 4. The van der Waals surface area contributed by atoms with Crippen LogP contribution in [0.3, 0.4) is 0 Å². The molecule has 1 aromatic rings. The highest BCUT2D eigenvalue weighted by molar-refractivity contribution is 6.03. The summed E-state index contributed by atoms with van der Waals surface area (Å²) in [6.45, 7) is 5.19. The number of Topliss-reactive ketones (excluding diaryl/α,β-unsaturated/α-hetero) is 1. The number of hydrogen-bond donors (Lipinski definition) is 2. The van der Waals surface area contributed by atoms with Gasteiger partial charge in [0.15, 0.2) is 11.5 Å². The van der Waals surface area contributed by atoms with E-state index >= 15 is 0 Å². The first-order valence-corrected chi connectivity index (χ1v) is 7.25. The summed E-state index contributed by atoms with van der Waals surface area (Å²) < 4.78 is 5.51. The van der Waals surface area contributed by atoms with Crippen molar-refractivity contribution < 1.29 is 23.9 Å². The highest BCUT2D eigenvalue weighted by Crippen LogP contribution is 2.29. The van der Waals surface area contributed by atoms with Crippen LogP contribution in [-0.4, -0.2) is 28.8 Å². The van der Waals surface area contributed by atoms with E-state index in [1.54, 1.807) is 13.0 Å². The van der Waals surface area contributed by atoms with E-state index in [0.29, 0.717) is 42.6 Å². The number of carbonyl (C=O) groups is 3. The van der Waals surface area contributed by atoms with Gasteiger partial charge in [-0.1, -0.05) is 6.08 Å². The van der Waals surface area contributed by atoms with Crippen molar-refractivity contribution >= 4 is 17.7 Å².